The fourth-order valence-electron chi connectivity index (χ4n) is 0.932. The van der Waals surface area contributed by atoms with Gasteiger partial charge >= 0.3 is 12.0 Å². The molecule has 0 aliphatic rings. The number of hydrogen-bond acceptors (Lipinski definition) is 2. The molecule has 0 aromatic carbocycles. The van der Waals surface area contributed by atoms with Crippen LogP contribution >= 0.6 is 15.9 Å². The van der Waals surface area contributed by atoms with Gasteiger partial charge < -0.3 is 15.7 Å². The van der Waals surface area contributed by atoms with Gasteiger partial charge in [0.2, 0.25) is 0 Å². The summed E-state index contributed by atoms with van der Waals surface area (Å²) >= 11 is 3.08. The van der Waals surface area contributed by atoms with Gasteiger partial charge in [0.1, 0.15) is 6.04 Å². The summed E-state index contributed by atoms with van der Waals surface area (Å²) in [7, 11) is 0. The topological polar surface area (TPSA) is 78.4 Å². The van der Waals surface area contributed by atoms with Gasteiger partial charge in [-0.2, -0.15) is 0 Å². The molecule has 0 fully saturated rings. The molecule has 5 nitrogen and oxygen atoms in total. The average molecular weight is 279 g/mol. The first kappa shape index (κ1) is 14.0. The van der Waals surface area contributed by atoms with Crippen molar-refractivity contribution in [3.05, 3.63) is 11.1 Å². The molecule has 3 N–H and O–H groups in total. The predicted octanol–water partition coefficient (Wildman–Crippen LogP) is 1.45. The lowest BCUT2D eigenvalue weighted by atomic mass is 10.2. The SMILES string of the molecule is C=C(Br)CNC(=O)N[C@H](CCC)C(=O)O. The summed E-state index contributed by atoms with van der Waals surface area (Å²) in [4.78, 5) is 21.9. The van der Waals surface area contributed by atoms with Crippen molar-refractivity contribution in [3.63, 3.8) is 0 Å². The number of rotatable bonds is 6. The van der Waals surface area contributed by atoms with Crippen molar-refractivity contribution in [3.8, 4) is 0 Å². The molecule has 0 aromatic heterocycles. The lowest BCUT2D eigenvalue weighted by Crippen LogP contribution is -2.46. The van der Waals surface area contributed by atoms with Gasteiger partial charge in [0.05, 0.1) is 6.54 Å². The predicted molar refractivity (Wildman–Crippen MR) is 60.9 cm³/mol. The van der Waals surface area contributed by atoms with Crippen molar-refractivity contribution in [2.45, 2.75) is 25.8 Å². The third-order valence-corrected chi connectivity index (χ3v) is 1.90. The Morgan fingerprint density at radius 3 is 2.53 bits per heavy atom. The number of amides is 2. The van der Waals surface area contributed by atoms with Crippen LogP contribution in [0.5, 0.6) is 0 Å². The highest BCUT2D eigenvalue weighted by atomic mass is 79.9. The lowest BCUT2D eigenvalue weighted by Gasteiger charge is -2.13. The van der Waals surface area contributed by atoms with Gasteiger partial charge in [-0.1, -0.05) is 35.9 Å². The number of nitrogens with one attached hydrogen (secondary N) is 2. The van der Waals surface area contributed by atoms with Crippen LogP contribution in [-0.2, 0) is 4.79 Å². The summed E-state index contributed by atoms with van der Waals surface area (Å²) in [6, 6.07) is -1.34. The van der Waals surface area contributed by atoms with E-state index in [0.717, 1.165) is 0 Å². The lowest BCUT2D eigenvalue weighted by molar-refractivity contribution is -0.139. The smallest absolute Gasteiger partial charge is 0.326 e. The molecule has 0 bridgehead atoms. The normalized spacial score (nSPS) is 11.6. The molecule has 86 valence electrons. The maximum atomic E-state index is 11.2. The third kappa shape index (κ3) is 6.96. The first-order valence-corrected chi connectivity index (χ1v) is 5.37. The van der Waals surface area contributed by atoms with Crippen molar-refractivity contribution in [1.29, 1.82) is 0 Å². The monoisotopic (exact) mass is 278 g/mol. The standard InChI is InChI=1S/C9H15BrN2O3/c1-3-4-7(8(13)14)12-9(15)11-5-6(2)10/h7H,2-5H2,1H3,(H,13,14)(H2,11,12,15)/t7-/m1/s1. The summed E-state index contributed by atoms with van der Waals surface area (Å²) in [5.74, 6) is -1.02. The van der Waals surface area contributed by atoms with Crippen LogP contribution in [0.1, 0.15) is 19.8 Å². The van der Waals surface area contributed by atoms with E-state index in [1.165, 1.54) is 0 Å². The highest BCUT2D eigenvalue weighted by molar-refractivity contribution is 9.11. The number of halogens is 1. The van der Waals surface area contributed by atoms with E-state index in [1.807, 2.05) is 6.92 Å². The van der Waals surface area contributed by atoms with Gasteiger partial charge in [-0.15, -0.1) is 0 Å². The summed E-state index contributed by atoms with van der Waals surface area (Å²) < 4.78 is 0.625. The van der Waals surface area contributed by atoms with Crippen LogP contribution in [0.15, 0.2) is 11.1 Å². The number of urea groups is 1. The maximum Gasteiger partial charge on any atom is 0.326 e. The van der Waals surface area contributed by atoms with Crippen molar-refractivity contribution in [2.24, 2.45) is 0 Å². The second kappa shape index (κ2) is 7.28. The number of carbonyl (C=O) groups is 2. The van der Waals surface area contributed by atoms with E-state index in [1.54, 1.807) is 0 Å². The first-order valence-electron chi connectivity index (χ1n) is 4.57. The molecule has 0 unspecified atom stereocenters. The molecule has 0 saturated carbocycles. The number of carboxylic acids is 1. The van der Waals surface area contributed by atoms with Crippen molar-refractivity contribution in [1.82, 2.24) is 10.6 Å². The Morgan fingerprint density at radius 1 is 1.53 bits per heavy atom. The maximum absolute atomic E-state index is 11.2. The summed E-state index contributed by atoms with van der Waals surface area (Å²) in [6.45, 7) is 5.66. The minimum Gasteiger partial charge on any atom is -0.480 e. The molecule has 15 heavy (non-hydrogen) atoms. The summed E-state index contributed by atoms with van der Waals surface area (Å²) in [5, 5.41) is 13.6. The van der Waals surface area contributed by atoms with Gasteiger partial charge in [0.15, 0.2) is 0 Å². The van der Waals surface area contributed by atoms with E-state index >= 15 is 0 Å². The number of hydrogen-bond donors (Lipinski definition) is 3. The van der Waals surface area contributed by atoms with Gasteiger partial charge in [0, 0.05) is 4.48 Å². The Hall–Kier alpha value is -1.04. The first-order chi connectivity index (χ1) is 6.97. The second-order valence-corrected chi connectivity index (χ2v) is 4.15. The van der Waals surface area contributed by atoms with E-state index in [0.29, 0.717) is 17.3 Å². The van der Waals surface area contributed by atoms with Crippen LogP contribution in [0.3, 0.4) is 0 Å². The van der Waals surface area contributed by atoms with Crippen LogP contribution in [0.25, 0.3) is 0 Å². The van der Waals surface area contributed by atoms with Crippen LogP contribution in [0.4, 0.5) is 4.79 Å². The largest absolute Gasteiger partial charge is 0.480 e. The molecule has 0 aromatic rings. The minimum atomic E-state index is -1.02. The van der Waals surface area contributed by atoms with E-state index in [-0.39, 0.29) is 6.54 Å². The molecule has 0 aliphatic heterocycles. The highest BCUT2D eigenvalue weighted by Gasteiger charge is 2.18. The third-order valence-electron chi connectivity index (χ3n) is 1.62. The number of aliphatic carboxylic acids is 1. The molecule has 0 spiro atoms. The van der Waals surface area contributed by atoms with Crippen LogP contribution in [0, 0.1) is 0 Å². The van der Waals surface area contributed by atoms with Gasteiger partial charge in [0.25, 0.3) is 0 Å². The van der Waals surface area contributed by atoms with E-state index in [2.05, 4.69) is 33.1 Å². The molecular formula is C9H15BrN2O3. The van der Waals surface area contributed by atoms with Gasteiger partial charge in [-0.25, -0.2) is 9.59 Å². The fourth-order valence-corrected chi connectivity index (χ4v) is 1.07. The van der Waals surface area contributed by atoms with Crippen LogP contribution in [0.2, 0.25) is 0 Å². The average Bonchev–Trinajstić information content (AvgIpc) is 2.14. The molecular weight excluding hydrogens is 264 g/mol. The van der Waals surface area contributed by atoms with Gasteiger partial charge in [-0.3, -0.25) is 0 Å². The summed E-state index contributed by atoms with van der Waals surface area (Å²) in [5.41, 5.74) is 0. The van der Waals surface area contributed by atoms with Crippen LogP contribution < -0.4 is 10.6 Å². The molecule has 1 atom stereocenters. The Bertz CT molecular complexity index is 256. The zero-order valence-corrected chi connectivity index (χ0v) is 10.1. The zero-order chi connectivity index (χ0) is 11.8. The molecule has 2 amide bonds. The quantitative estimate of drug-likeness (QED) is 0.688. The highest BCUT2D eigenvalue weighted by Crippen LogP contribution is 1.98. The van der Waals surface area contributed by atoms with Crippen LogP contribution in [-0.4, -0.2) is 29.7 Å². The van der Waals surface area contributed by atoms with E-state index in [4.69, 9.17) is 5.11 Å². The molecule has 0 saturated heterocycles. The van der Waals surface area contributed by atoms with E-state index < -0.39 is 18.0 Å². The Kier molecular flexibility index (Phi) is 6.77. The number of carboxylic acid groups (broad SMARTS) is 1. The van der Waals surface area contributed by atoms with Crippen molar-refractivity contribution in [2.75, 3.05) is 6.54 Å². The van der Waals surface area contributed by atoms with Gasteiger partial charge in [-0.05, 0) is 6.42 Å². The molecule has 0 aliphatic carbocycles. The number of carbonyl (C=O) groups excluding carboxylic acids is 1. The fraction of sp³-hybridized carbons (Fsp3) is 0.556. The Labute approximate surface area is 97.1 Å². The van der Waals surface area contributed by atoms with E-state index in [9.17, 15) is 9.59 Å². The summed E-state index contributed by atoms with van der Waals surface area (Å²) in [6.07, 6.45) is 1.11. The Morgan fingerprint density at radius 2 is 2.13 bits per heavy atom. The Balaban J connectivity index is 3.99. The van der Waals surface area contributed by atoms with Crippen molar-refractivity contribution >= 4 is 27.9 Å². The zero-order valence-electron chi connectivity index (χ0n) is 8.55. The molecule has 0 heterocycles. The minimum absolute atomic E-state index is 0.268. The molecule has 0 rings (SSSR count). The molecule has 6 heteroatoms. The molecule has 0 radical (unpaired) electrons. The van der Waals surface area contributed by atoms with Crippen molar-refractivity contribution < 1.29 is 14.7 Å². The second-order valence-electron chi connectivity index (χ2n) is 3.02.